The third-order valence-corrected chi connectivity index (χ3v) is 14.3. The summed E-state index contributed by atoms with van der Waals surface area (Å²) in [7, 11) is 1.29. The average Bonchev–Trinajstić information content (AvgIpc) is 3.25. The maximum absolute atomic E-state index is 15.0. The Labute approximate surface area is 271 Å². The minimum atomic E-state index is -0.627. The van der Waals surface area contributed by atoms with Crippen molar-refractivity contribution in [3.8, 4) is 0 Å². The number of methoxy groups -OCH3 is 1. The number of carbonyl (C=O) groups excluding carboxylic acids is 1. The molecule has 0 bridgehead atoms. The molecule has 6 heteroatoms. The number of carbonyl (C=O) groups is 1. The lowest BCUT2D eigenvalue weighted by molar-refractivity contribution is -0.215. The van der Waals surface area contributed by atoms with Crippen molar-refractivity contribution >= 4 is 36.4 Å². The molecule has 240 valence electrons. The van der Waals surface area contributed by atoms with Crippen molar-refractivity contribution < 1.29 is 13.9 Å². The Balaban J connectivity index is 0.00000212. The third-order valence-electron chi connectivity index (χ3n) is 14.3. The highest BCUT2D eigenvalue weighted by Crippen LogP contribution is 2.76. The molecule has 0 radical (unpaired) electrons. The van der Waals surface area contributed by atoms with Crippen LogP contribution < -0.4 is 5.73 Å². The largest absolute Gasteiger partial charge is 0.465 e. The zero-order valence-electron chi connectivity index (χ0n) is 27.3. The third kappa shape index (κ3) is 4.70. The van der Waals surface area contributed by atoms with E-state index in [9.17, 15) is 4.79 Å². The number of ether oxygens (including phenoxy) is 1. The number of hydrogen-bond acceptors (Lipinski definition) is 3. The molecule has 5 aliphatic rings. The molecule has 43 heavy (non-hydrogen) atoms. The summed E-state index contributed by atoms with van der Waals surface area (Å²) < 4.78 is 19.8. The molecular formula is C37H54Cl2FNO2. The summed E-state index contributed by atoms with van der Waals surface area (Å²) >= 11 is 0. The fourth-order valence-corrected chi connectivity index (χ4v) is 12.3. The first-order chi connectivity index (χ1) is 19.2. The van der Waals surface area contributed by atoms with Gasteiger partial charge >= 0.3 is 5.97 Å². The number of nitrogens with two attached hydrogens (primary N) is 1. The van der Waals surface area contributed by atoms with Crippen LogP contribution in [0.4, 0.5) is 4.39 Å². The van der Waals surface area contributed by atoms with Crippen LogP contribution >= 0.6 is 24.8 Å². The van der Waals surface area contributed by atoms with Gasteiger partial charge in [0, 0.05) is 6.04 Å². The Morgan fingerprint density at radius 2 is 1.67 bits per heavy atom. The molecule has 3 nitrogen and oxygen atoms in total. The molecule has 6 rings (SSSR count). The van der Waals surface area contributed by atoms with Gasteiger partial charge in [-0.1, -0.05) is 58.9 Å². The minimum absolute atomic E-state index is 0. The van der Waals surface area contributed by atoms with Crippen LogP contribution in [0.5, 0.6) is 0 Å². The predicted octanol–water partition coefficient (Wildman–Crippen LogP) is 9.67. The number of halogens is 3. The van der Waals surface area contributed by atoms with E-state index in [1.54, 1.807) is 12.1 Å². The minimum Gasteiger partial charge on any atom is -0.465 e. The van der Waals surface area contributed by atoms with Crippen LogP contribution in [-0.4, -0.2) is 19.1 Å². The second kappa shape index (κ2) is 11.5. The van der Waals surface area contributed by atoms with E-state index in [-0.39, 0.29) is 41.2 Å². The quantitative estimate of drug-likeness (QED) is 0.266. The number of fused-ring (bicyclic) bond motifs is 7. The van der Waals surface area contributed by atoms with E-state index < -0.39 is 11.8 Å². The molecule has 5 aliphatic carbocycles. The van der Waals surface area contributed by atoms with Gasteiger partial charge in [-0.05, 0) is 139 Å². The average molecular weight is 635 g/mol. The van der Waals surface area contributed by atoms with Gasteiger partial charge in [0.25, 0.3) is 0 Å². The van der Waals surface area contributed by atoms with Crippen molar-refractivity contribution in [2.45, 2.75) is 99.0 Å². The summed E-state index contributed by atoms with van der Waals surface area (Å²) in [4.78, 5) is 12.0. The van der Waals surface area contributed by atoms with Crippen LogP contribution in [0.1, 0.15) is 109 Å². The first kappa shape index (κ1) is 34.5. The second-order valence-electron chi connectivity index (χ2n) is 16.0. The number of rotatable bonds is 3. The Morgan fingerprint density at radius 1 is 1.00 bits per heavy atom. The van der Waals surface area contributed by atoms with Crippen molar-refractivity contribution in [2.75, 3.05) is 7.11 Å². The molecule has 0 heterocycles. The van der Waals surface area contributed by atoms with E-state index in [1.807, 2.05) is 6.07 Å². The summed E-state index contributed by atoms with van der Waals surface area (Å²) in [5, 5.41) is 0. The molecule has 0 saturated heterocycles. The smallest absolute Gasteiger partial charge is 0.340 e. The van der Waals surface area contributed by atoms with Gasteiger partial charge < -0.3 is 10.5 Å². The van der Waals surface area contributed by atoms with Crippen LogP contribution in [0.15, 0.2) is 36.4 Å². The molecule has 0 aromatic heterocycles. The lowest BCUT2D eigenvalue weighted by Crippen LogP contribution is -2.64. The summed E-state index contributed by atoms with van der Waals surface area (Å²) in [6.45, 7) is 19.4. The van der Waals surface area contributed by atoms with Crippen molar-refractivity contribution in [1.82, 2.24) is 0 Å². The zero-order valence-corrected chi connectivity index (χ0v) is 28.9. The van der Waals surface area contributed by atoms with Crippen LogP contribution in [0.2, 0.25) is 0 Å². The standard InChI is InChI=1S/C37H52FNO2.2ClH/c1-21(2)25-20-29(39)24-13-17-36(6)27(32(24)25)11-12-31-35(5)16-14-26(34(3,4)30(35)15-18-37(31,36)7)22-9-10-23(28(38)19-22)33(40)41-8;;/h9-10,14,19,24-25,27,29-32H,1,11-13,15-18,20,39H2,2-8H3;2*1H/t24-,25+,27-,29+,30+,31-,32-,35+,36-,37-;;/m1../s1. The maximum Gasteiger partial charge on any atom is 0.340 e. The molecule has 0 aliphatic heterocycles. The van der Waals surface area contributed by atoms with Gasteiger partial charge in [-0.25, -0.2) is 9.18 Å². The Kier molecular flexibility index (Phi) is 9.20. The van der Waals surface area contributed by atoms with E-state index >= 15 is 4.39 Å². The molecule has 1 aromatic carbocycles. The zero-order chi connectivity index (χ0) is 29.7. The maximum atomic E-state index is 15.0. The first-order valence-electron chi connectivity index (χ1n) is 16.2. The molecule has 4 fully saturated rings. The molecule has 2 N–H and O–H groups in total. The highest BCUT2D eigenvalue weighted by Gasteiger charge is 2.68. The van der Waals surface area contributed by atoms with Gasteiger partial charge in [-0.2, -0.15) is 0 Å². The van der Waals surface area contributed by atoms with Crippen LogP contribution in [0.25, 0.3) is 5.57 Å². The van der Waals surface area contributed by atoms with E-state index in [4.69, 9.17) is 10.5 Å². The number of hydrogen-bond donors (Lipinski definition) is 1. The molecular weight excluding hydrogens is 580 g/mol. The molecule has 10 atom stereocenters. The topological polar surface area (TPSA) is 52.3 Å². The van der Waals surface area contributed by atoms with Crippen molar-refractivity contribution in [3.05, 3.63) is 53.4 Å². The molecule has 0 amide bonds. The summed E-state index contributed by atoms with van der Waals surface area (Å²) in [6, 6.07) is 5.38. The van der Waals surface area contributed by atoms with E-state index in [0.29, 0.717) is 46.5 Å². The fourth-order valence-electron chi connectivity index (χ4n) is 12.3. The van der Waals surface area contributed by atoms with Gasteiger partial charge in [-0.3, -0.25) is 0 Å². The SMILES string of the molecule is C=C(C)[C@@H]1C[C@H](N)[C@H]2CC[C@]3(C)[C@H](CC[C@@H]4[C@@]5(C)CC=C(c6ccc(C(=O)OC)c(F)c6)C(C)(C)[C@@H]5CC[C@]43C)[C@H]21.Cl.Cl. The van der Waals surface area contributed by atoms with E-state index in [1.165, 1.54) is 56.8 Å². The van der Waals surface area contributed by atoms with Gasteiger partial charge in [0.2, 0.25) is 0 Å². The van der Waals surface area contributed by atoms with Gasteiger partial charge in [0.1, 0.15) is 5.82 Å². The van der Waals surface area contributed by atoms with Gasteiger partial charge in [0.05, 0.1) is 12.7 Å². The van der Waals surface area contributed by atoms with Crippen molar-refractivity contribution in [1.29, 1.82) is 0 Å². The van der Waals surface area contributed by atoms with Gasteiger partial charge in [0.15, 0.2) is 0 Å². The molecule has 0 unspecified atom stereocenters. The first-order valence-corrected chi connectivity index (χ1v) is 16.2. The van der Waals surface area contributed by atoms with E-state index in [0.717, 1.165) is 24.3 Å². The lowest BCUT2D eigenvalue weighted by Gasteiger charge is -2.71. The number of allylic oxidation sites excluding steroid dienone is 3. The normalized spacial score (nSPS) is 42.4. The highest BCUT2D eigenvalue weighted by molar-refractivity contribution is 5.90. The van der Waals surface area contributed by atoms with Crippen LogP contribution in [0, 0.1) is 63.0 Å². The highest BCUT2D eigenvalue weighted by atomic mass is 35.5. The summed E-state index contributed by atoms with van der Waals surface area (Å²) in [5.74, 6) is 2.73. The predicted molar refractivity (Wildman–Crippen MR) is 179 cm³/mol. The molecule has 1 aromatic rings. The fraction of sp³-hybridized carbons (Fsp3) is 0.703. The van der Waals surface area contributed by atoms with E-state index in [2.05, 4.69) is 54.2 Å². The summed E-state index contributed by atoms with van der Waals surface area (Å²) in [5.41, 5.74) is 11.0. The van der Waals surface area contributed by atoms with Crippen LogP contribution in [-0.2, 0) is 4.74 Å². The lowest BCUT2D eigenvalue weighted by atomic mass is 9.33. The number of esters is 1. The molecule has 4 saturated carbocycles. The van der Waals surface area contributed by atoms with Gasteiger partial charge in [-0.15, -0.1) is 24.8 Å². The monoisotopic (exact) mass is 633 g/mol. The second-order valence-corrected chi connectivity index (χ2v) is 16.0. The van der Waals surface area contributed by atoms with Crippen molar-refractivity contribution in [2.24, 2.45) is 62.9 Å². The molecule has 0 spiro atoms. The number of benzene rings is 1. The summed E-state index contributed by atoms with van der Waals surface area (Å²) in [6.07, 6.45) is 12.2. The Morgan fingerprint density at radius 3 is 2.30 bits per heavy atom. The Bertz CT molecular complexity index is 1310. The van der Waals surface area contributed by atoms with Crippen molar-refractivity contribution in [3.63, 3.8) is 0 Å². The Hall–Kier alpha value is -1.36. The van der Waals surface area contributed by atoms with Crippen LogP contribution in [0.3, 0.4) is 0 Å².